The van der Waals surface area contributed by atoms with Gasteiger partial charge >= 0.3 is 6.03 Å². The van der Waals surface area contributed by atoms with Crippen LogP contribution in [0.2, 0.25) is 0 Å². The molecule has 0 saturated carbocycles. The van der Waals surface area contributed by atoms with Gasteiger partial charge < -0.3 is 14.7 Å². The number of unbranched alkanes of at least 4 members (excludes halogenated alkanes) is 2. The monoisotopic (exact) mass is 384 g/mol. The Morgan fingerprint density at radius 3 is 1.96 bits per heavy atom. The molecule has 1 aliphatic heterocycles. The topological polar surface area (TPSA) is 70.1 Å². The maximum Gasteiger partial charge on any atom is 0.326 e. The SMILES string of the molecule is CN1CC(=O)N(CC(C)(C)CCCCOCCCCC(C)(C)CCO)C1=O. The van der Waals surface area contributed by atoms with E-state index in [1.807, 2.05) is 0 Å². The number of aliphatic hydroxyl groups is 1. The lowest BCUT2D eigenvalue weighted by Gasteiger charge is -2.29. The summed E-state index contributed by atoms with van der Waals surface area (Å²) in [4.78, 5) is 26.7. The largest absolute Gasteiger partial charge is 0.396 e. The van der Waals surface area contributed by atoms with Crippen LogP contribution in [-0.4, -0.2) is 66.8 Å². The molecule has 0 aliphatic carbocycles. The highest BCUT2D eigenvalue weighted by molar-refractivity contribution is 6.01. The van der Waals surface area contributed by atoms with Gasteiger partial charge in [0.2, 0.25) is 5.91 Å². The summed E-state index contributed by atoms with van der Waals surface area (Å²) in [5, 5.41) is 9.04. The molecule has 1 N–H and O–H groups in total. The minimum absolute atomic E-state index is 0.0746. The van der Waals surface area contributed by atoms with Gasteiger partial charge in [0.25, 0.3) is 0 Å². The molecule has 158 valence electrons. The molecule has 0 bridgehead atoms. The minimum Gasteiger partial charge on any atom is -0.396 e. The van der Waals surface area contributed by atoms with Crippen LogP contribution in [0.3, 0.4) is 0 Å². The molecule has 0 atom stereocenters. The smallest absolute Gasteiger partial charge is 0.326 e. The van der Waals surface area contributed by atoms with E-state index >= 15 is 0 Å². The van der Waals surface area contributed by atoms with E-state index in [-0.39, 0.29) is 35.9 Å². The number of rotatable bonds is 14. The zero-order valence-electron chi connectivity index (χ0n) is 18.1. The molecule has 1 heterocycles. The number of hydrogen-bond donors (Lipinski definition) is 1. The van der Waals surface area contributed by atoms with E-state index in [1.54, 1.807) is 7.05 Å². The second-order valence-electron chi connectivity index (χ2n) is 9.45. The minimum atomic E-state index is -0.182. The van der Waals surface area contributed by atoms with E-state index in [1.165, 1.54) is 9.80 Å². The number of hydrogen-bond acceptors (Lipinski definition) is 4. The fraction of sp³-hybridized carbons (Fsp3) is 0.905. The summed E-state index contributed by atoms with van der Waals surface area (Å²) < 4.78 is 5.73. The van der Waals surface area contributed by atoms with Crippen LogP contribution in [0.1, 0.15) is 72.6 Å². The number of likely N-dealkylation sites (N-methyl/N-ethyl adjacent to an activating group) is 1. The third kappa shape index (κ3) is 9.06. The molecule has 0 aromatic heterocycles. The van der Waals surface area contributed by atoms with E-state index in [2.05, 4.69) is 27.7 Å². The van der Waals surface area contributed by atoms with Gasteiger partial charge in [0.1, 0.15) is 6.54 Å². The fourth-order valence-corrected chi connectivity index (χ4v) is 3.48. The van der Waals surface area contributed by atoms with Crippen LogP contribution in [-0.2, 0) is 9.53 Å². The second kappa shape index (κ2) is 11.0. The Bertz CT molecular complexity index is 477. The average molecular weight is 385 g/mol. The maximum atomic E-state index is 12.0. The van der Waals surface area contributed by atoms with Crippen LogP contribution in [0, 0.1) is 10.8 Å². The summed E-state index contributed by atoms with van der Waals surface area (Å²) in [6, 6.07) is -0.182. The quantitative estimate of drug-likeness (QED) is 0.366. The van der Waals surface area contributed by atoms with Crippen molar-refractivity contribution in [3.8, 4) is 0 Å². The van der Waals surface area contributed by atoms with Crippen molar-refractivity contribution in [2.24, 2.45) is 10.8 Å². The first-order valence-electron chi connectivity index (χ1n) is 10.3. The number of amides is 3. The molecule has 1 rings (SSSR count). The van der Waals surface area contributed by atoms with Crippen molar-refractivity contribution in [3.05, 3.63) is 0 Å². The van der Waals surface area contributed by atoms with Crippen molar-refractivity contribution < 1.29 is 19.4 Å². The number of carbonyl (C=O) groups excluding carboxylic acids is 2. The van der Waals surface area contributed by atoms with Gasteiger partial charge in [-0.25, -0.2) is 4.79 Å². The van der Waals surface area contributed by atoms with Crippen molar-refractivity contribution in [2.75, 3.05) is 40.0 Å². The molecule has 0 aromatic carbocycles. The van der Waals surface area contributed by atoms with Crippen molar-refractivity contribution in [1.29, 1.82) is 0 Å². The molecule has 6 nitrogen and oxygen atoms in total. The third-order valence-corrected chi connectivity index (χ3v) is 5.39. The van der Waals surface area contributed by atoms with Gasteiger partial charge in [-0.2, -0.15) is 0 Å². The van der Waals surface area contributed by atoms with Crippen LogP contribution in [0.4, 0.5) is 4.79 Å². The maximum absolute atomic E-state index is 12.0. The fourth-order valence-electron chi connectivity index (χ4n) is 3.48. The predicted molar refractivity (Wildman–Crippen MR) is 108 cm³/mol. The second-order valence-corrected chi connectivity index (χ2v) is 9.45. The number of aliphatic hydroxyl groups excluding tert-OH is 1. The molecule has 3 amide bonds. The molecule has 0 unspecified atom stereocenters. The zero-order valence-corrected chi connectivity index (χ0v) is 18.1. The Labute approximate surface area is 165 Å². The van der Waals surface area contributed by atoms with E-state index in [0.717, 1.165) is 58.2 Å². The molecule has 0 aromatic rings. The van der Waals surface area contributed by atoms with E-state index in [0.29, 0.717) is 6.54 Å². The molecule has 27 heavy (non-hydrogen) atoms. The molecule has 1 saturated heterocycles. The van der Waals surface area contributed by atoms with Crippen molar-refractivity contribution in [3.63, 3.8) is 0 Å². The molecule has 0 radical (unpaired) electrons. The summed E-state index contributed by atoms with van der Waals surface area (Å²) in [6.45, 7) is 11.1. The van der Waals surface area contributed by atoms with Crippen molar-refractivity contribution in [1.82, 2.24) is 9.80 Å². The van der Waals surface area contributed by atoms with Gasteiger partial charge in [0.05, 0.1) is 0 Å². The highest BCUT2D eigenvalue weighted by Gasteiger charge is 2.36. The van der Waals surface area contributed by atoms with Gasteiger partial charge in [-0.15, -0.1) is 0 Å². The molecule has 6 heteroatoms. The number of nitrogens with zero attached hydrogens (tertiary/aromatic N) is 2. The number of ether oxygens (including phenoxy) is 1. The Balaban J connectivity index is 2.09. The first kappa shape index (κ1) is 23.9. The number of carbonyl (C=O) groups is 2. The Hall–Kier alpha value is -1.14. The summed E-state index contributed by atoms with van der Waals surface area (Å²) in [5.74, 6) is -0.0962. The van der Waals surface area contributed by atoms with Crippen LogP contribution < -0.4 is 0 Å². The van der Waals surface area contributed by atoms with Crippen LogP contribution in [0.25, 0.3) is 0 Å². The van der Waals surface area contributed by atoms with Gasteiger partial charge in [0.15, 0.2) is 0 Å². The van der Waals surface area contributed by atoms with Crippen molar-refractivity contribution in [2.45, 2.75) is 72.6 Å². The molecule has 0 spiro atoms. The number of urea groups is 1. The summed E-state index contributed by atoms with van der Waals surface area (Å²) in [6.07, 6.45) is 7.17. The third-order valence-electron chi connectivity index (χ3n) is 5.39. The zero-order chi connectivity index (χ0) is 20.5. The van der Waals surface area contributed by atoms with Crippen LogP contribution in [0.5, 0.6) is 0 Å². The summed E-state index contributed by atoms with van der Waals surface area (Å²) >= 11 is 0. The van der Waals surface area contributed by atoms with Crippen LogP contribution in [0.15, 0.2) is 0 Å². The lowest BCUT2D eigenvalue weighted by molar-refractivity contribution is -0.126. The van der Waals surface area contributed by atoms with Gasteiger partial charge in [-0.1, -0.05) is 40.5 Å². The normalized spacial score (nSPS) is 15.9. The predicted octanol–water partition coefficient (Wildman–Crippen LogP) is 3.67. The summed E-state index contributed by atoms with van der Waals surface area (Å²) in [7, 11) is 1.66. The highest BCUT2D eigenvalue weighted by Crippen LogP contribution is 2.27. The number of imide groups is 1. The highest BCUT2D eigenvalue weighted by atomic mass is 16.5. The van der Waals surface area contributed by atoms with Gasteiger partial charge in [-0.05, 0) is 42.9 Å². The molecule has 1 aliphatic rings. The molecular weight excluding hydrogens is 344 g/mol. The van der Waals surface area contributed by atoms with Crippen LogP contribution >= 0.6 is 0 Å². The summed E-state index contributed by atoms with van der Waals surface area (Å²) in [5.41, 5.74) is 0.141. The Morgan fingerprint density at radius 1 is 0.926 bits per heavy atom. The standard InChI is InChI=1S/C21H40N2O4/c1-20(2,12-13-24)10-6-8-14-27-15-9-7-11-21(3,4)17-23-18(25)16-22(5)19(23)26/h24H,6-17H2,1-5H3. The lowest BCUT2D eigenvalue weighted by Crippen LogP contribution is -2.39. The van der Waals surface area contributed by atoms with Crippen molar-refractivity contribution >= 4 is 11.9 Å². The molecule has 1 fully saturated rings. The van der Waals surface area contributed by atoms with Gasteiger partial charge in [-0.3, -0.25) is 9.69 Å². The van der Waals surface area contributed by atoms with E-state index < -0.39 is 0 Å². The van der Waals surface area contributed by atoms with E-state index in [9.17, 15) is 9.59 Å². The molecular formula is C21H40N2O4. The first-order valence-corrected chi connectivity index (χ1v) is 10.3. The lowest BCUT2D eigenvalue weighted by atomic mass is 9.84. The van der Waals surface area contributed by atoms with E-state index in [4.69, 9.17) is 9.84 Å². The first-order chi connectivity index (χ1) is 12.6. The Morgan fingerprint density at radius 2 is 1.48 bits per heavy atom. The average Bonchev–Trinajstić information content (AvgIpc) is 2.79. The van der Waals surface area contributed by atoms with Gasteiger partial charge in [0, 0.05) is 33.4 Å². The Kier molecular flexibility index (Phi) is 9.74.